The monoisotopic (exact) mass is 1630 g/mol. The highest BCUT2D eigenvalue weighted by molar-refractivity contribution is 7.90. The number of aromatic hydroxyl groups is 3. The quantitative estimate of drug-likeness (QED) is 0.0433. The van der Waals surface area contributed by atoms with Crippen LogP contribution in [0.1, 0.15) is 149 Å². The number of rotatable bonds is 18. The number of amides is 5. The van der Waals surface area contributed by atoms with Gasteiger partial charge in [-0.3, -0.25) is 38.4 Å². The van der Waals surface area contributed by atoms with Crippen LogP contribution in [0.3, 0.4) is 0 Å². The summed E-state index contributed by atoms with van der Waals surface area (Å²) in [5, 5.41) is 105. The summed E-state index contributed by atoms with van der Waals surface area (Å²) in [6, 6.07) is 11.6. The zero-order valence-corrected chi connectivity index (χ0v) is 64.6. The minimum absolute atomic E-state index is 0.0595. The van der Waals surface area contributed by atoms with Crippen molar-refractivity contribution < 1.29 is 111 Å². The number of benzene rings is 6. The van der Waals surface area contributed by atoms with E-state index in [0.717, 1.165) is 86.7 Å². The molecule has 5 fully saturated rings. The van der Waals surface area contributed by atoms with Crippen LogP contribution in [0, 0.1) is 47.3 Å². The van der Waals surface area contributed by atoms with Crippen LogP contribution in [-0.2, 0) is 53.1 Å². The van der Waals surface area contributed by atoms with Crippen LogP contribution in [0.15, 0.2) is 108 Å². The van der Waals surface area contributed by atoms with Crippen LogP contribution in [0.25, 0.3) is 11.1 Å². The van der Waals surface area contributed by atoms with Gasteiger partial charge in [0.25, 0.3) is 10.0 Å². The van der Waals surface area contributed by atoms with E-state index in [1.54, 1.807) is 6.92 Å². The third kappa shape index (κ3) is 17.4. The van der Waals surface area contributed by atoms with Crippen molar-refractivity contribution in [3.8, 4) is 62.9 Å². The molecule has 6 aliphatic heterocycles. The van der Waals surface area contributed by atoms with E-state index >= 15 is 28.8 Å². The number of phenols is 3. The standard InChI is InChI=1S/C81H91Cl2N7O23S/c1-4-38(17-35(2)3)77(103)88-69-57(94)26-45(29-65(97)90-114(107,108)48-10-8-47(9-11-48)109-16-15-84)78(104)86-67-44-27-62(110-60-13-6-40(71(69)98)24-53(60)82)76(113-81-75(102)74(101)73(100)64(34-85)112-81)63(28-44)111-61-14-7-41(25-54(61)83)72(99)70-80(106)87-68(59(96)32-49-42-19-36-18-37(21-42)22-43(49)20-36)52-30-46(91)31-56(93)66(52)51-23-39(5-12-55(51)92)50(33-58(67)95)79(105)89-70/h5-14,23-25,27-28,30-31,35-38,42-43,45,49-50,64,67-75,81,91-93,98-102H,4,15-22,26,29,32-34,84-85H2,1-3H3,(H,86,104)(H,87,106)(H,88,103)(H,89,105)(H,90,97)/t36?,37?,38-,42?,43?,45+,49?,50-,64-,67-,68+,69+,70+,71-,72-,73-,74+,75-,81+/m1/s1. The van der Waals surface area contributed by atoms with Crippen molar-refractivity contribution in [3.05, 3.63) is 141 Å². The summed E-state index contributed by atoms with van der Waals surface area (Å²) in [6.07, 6.45) is -11.8. The molecule has 33 heteroatoms. The molecule has 6 heterocycles. The van der Waals surface area contributed by atoms with Crippen LogP contribution >= 0.6 is 23.2 Å². The van der Waals surface area contributed by atoms with Crippen molar-refractivity contribution >= 4 is 80.1 Å². The van der Waals surface area contributed by atoms with Gasteiger partial charge in [0, 0.05) is 61.9 Å². The predicted molar refractivity (Wildman–Crippen MR) is 408 cm³/mol. The fraction of sp³-hybridized carbons (Fsp3) is 0.457. The van der Waals surface area contributed by atoms with E-state index in [2.05, 4.69) is 21.3 Å². The smallest absolute Gasteiger partial charge is 0.264 e. The van der Waals surface area contributed by atoms with Gasteiger partial charge in [-0.05, 0) is 187 Å². The lowest BCUT2D eigenvalue weighted by Crippen LogP contribution is -2.60. The lowest BCUT2D eigenvalue weighted by molar-refractivity contribution is -0.270. The minimum atomic E-state index is -4.85. The molecule has 14 atom stereocenters. The summed E-state index contributed by atoms with van der Waals surface area (Å²) in [5.41, 5.74) is 9.87. The van der Waals surface area contributed by atoms with Crippen molar-refractivity contribution in [2.45, 2.75) is 169 Å². The number of aliphatic hydroxyl groups excluding tert-OH is 5. The maximum Gasteiger partial charge on any atom is 0.264 e. The van der Waals surface area contributed by atoms with Gasteiger partial charge in [-0.2, -0.15) is 0 Å². The second-order valence-electron chi connectivity index (χ2n) is 31.2. The van der Waals surface area contributed by atoms with E-state index in [1.165, 1.54) is 48.5 Å². The number of Topliss-reactive ketones (excluding diaryl/α,β-unsaturated/α-hetero) is 3. The Kier molecular flexibility index (Phi) is 24.7. The van der Waals surface area contributed by atoms with Crippen LogP contribution in [0.2, 0.25) is 10.0 Å². The van der Waals surface area contributed by atoms with Crippen molar-refractivity contribution in [1.82, 2.24) is 26.0 Å². The van der Waals surface area contributed by atoms with Crippen LogP contribution in [0.5, 0.6) is 51.7 Å². The molecule has 30 nitrogen and oxygen atoms in total. The summed E-state index contributed by atoms with van der Waals surface area (Å²) in [5.74, 6) is -16.5. The number of nitrogens with one attached hydrogen (secondary N) is 5. The Morgan fingerprint density at radius 1 is 0.658 bits per heavy atom. The number of hydrogen-bond donors (Lipinski definition) is 15. The summed E-state index contributed by atoms with van der Waals surface area (Å²) >= 11 is 14.3. The largest absolute Gasteiger partial charge is 0.508 e. The van der Waals surface area contributed by atoms with E-state index in [4.69, 9.17) is 58.4 Å². The minimum Gasteiger partial charge on any atom is -0.508 e. The number of ketones is 3. The Morgan fingerprint density at radius 3 is 1.89 bits per heavy atom. The number of carbonyl (C=O) groups excluding carboxylic acids is 8. The summed E-state index contributed by atoms with van der Waals surface area (Å²) < 4.78 is 61.4. The van der Waals surface area contributed by atoms with Crippen molar-refractivity contribution in [2.24, 2.45) is 58.8 Å². The molecule has 0 unspecified atom stereocenters. The molecule has 114 heavy (non-hydrogen) atoms. The molecule has 0 radical (unpaired) electrons. The molecule has 1 saturated heterocycles. The number of fused-ring (bicyclic) bond motifs is 15. The van der Waals surface area contributed by atoms with E-state index in [9.17, 15) is 58.9 Å². The van der Waals surface area contributed by atoms with Gasteiger partial charge in [0.05, 0.1) is 26.8 Å². The van der Waals surface area contributed by atoms with Gasteiger partial charge in [-0.15, -0.1) is 0 Å². The van der Waals surface area contributed by atoms with Crippen molar-refractivity contribution in [2.75, 3.05) is 19.7 Å². The molecule has 10 aliphatic rings. The van der Waals surface area contributed by atoms with Gasteiger partial charge in [0.15, 0.2) is 28.8 Å². The fourth-order valence-electron chi connectivity index (χ4n) is 17.4. The molecule has 6 aromatic carbocycles. The number of halogens is 2. The van der Waals surface area contributed by atoms with Gasteiger partial charge in [0.1, 0.15) is 102 Å². The molecule has 15 bridgehead atoms. The molecule has 5 amide bonds. The first-order chi connectivity index (χ1) is 54.3. The number of sulfonamides is 1. The summed E-state index contributed by atoms with van der Waals surface area (Å²) in [6.45, 7) is 5.18. The predicted octanol–water partition coefficient (Wildman–Crippen LogP) is 6.55. The molecular formula is C81H91Cl2N7O23S. The van der Waals surface area contributed by atoms with Gasteiger partial charge >= 0.3 is 0 Å². The zero-order valence-electron chi connectivity index (χ0n) is 62.3. The average molecular weight is 1630 g/mol. The number of aliphatic hydroxyl groups is 5. The lowest BCUT2D eigenvalue weighted by atomic mass is 9.51. The lowest BCUT2D eigenvalue weighted by Gasteiger charge is -2.54. The van der Waals surface area contributed by atoms with E-state index in [0.29, 0.717) is 18.3 Å². The van der Waals surface area contributed by atoms with Gasteiger partial charge in [-0.25, -0.2) is 13.1 Å². The third-order valence-corrected chi connectivity index (χ3v) is 25.0. The van der Waals surface area contributed by atoms with E-state index < -0.39 is 213 Å². The molecule has 4 saturated carbocycles. The first kappa shape index (κ1) is 82.5. The zero-order chi connectivity index (χ0) is 81.6. The maximum absolute atomic E-state index is 16.5. The molecule has 4 aliphatic carbocycles. The summed E-state index contributed by atoms with van der Waals surface area (Å²) in [7, 11) is -4.85. The normalized spacial score (nSPS) is 28.4. The van der Waals surface area contributed by atoms with Crippen LogP contribution < -0.4 is 56.4 Å². The Bertz CT molecular complexity index is 4830. The van der Waals surface area contributed by atoms with Crippen molar-refractivity contribution in [3.63, 3.8) is 0 Å². The highest BCUT2D eigenvalue weighted by Crippen LogP contribution is 2.58. The third-order valence-electron chi connectivity index (χ3n) is 23.0. The maximum atomic E-state index is 16.5. The Hall–Kier alpha value is -9.51. The van der Waals surface area contributed by atoms with E-state index in [-0.39, 0.29) is 110 Å². The Balaban J connectivity index is 1.00. The highest BCUT2D eigenvalue weighted by atomic mass is 35.5. The van der Waals surface area contributed by atoms with Crippen LogP contribution in [-0.4, -0.2) is 159 Å². The molecular weight excluding hydrogens is 1540 g/mol. The van der Waals surface area contributed by atoms with Gasteiger partial charge < -0.3 is 97.3 Å². The number of hydrogen-bond acceptors (Lipinski definition) is 25. The second-order valence-corrected chi connectivity index (χ2v) is 33.7. The number of nitrogens with two attached hydrogens (primary N) is 2. The van der Waals surface area contributed by atoms with Gasteiger partial charge in [-0.1, -0.05) is 62.2 Å². The molecule has 17 N–H and O–H groups in total. The van der Waals surface area contributed by atoms with Crippen LogP contribution in [0.4, 0.5) is 0 Å². The van der Waals surface area contributed by atoms with Gasteiger partial charge in [0.2, 0.25) is 41.6 Å². The number of phenolic OH excluding ortho intramolecular Hbond substituents is 3. The number of ether oxygens (including phenoxy) is 5. The fourth-order valence-corrected chi connectivity index (χ4v) is 18.9. The first-order valence-corrected chi connectivity index (χ1v) is 40.2. The Labute approximate surface area is 665 Å². The average Bonchev–Trinajstić information content (AvgIpc) is 0.763. The number of carbonyl (C=O) groups is 8. The highest BCUT2D eigenvalue weighted by Gasteiger charge is 2.51. The molecule has 608 valence electrons. The van der Waals surface area contributed by atoms with Crippen molar-refractivity contribution in [1.29, 1.82) is 0 Å². The first-order valence-electron chi connectivity index (χ1n) is 38.0. The SMILES string of the molecule is CC[C@H](CC(C)C)C(=O)N[C@H]1C(=O)C[C@@H](CC(=O)NS(=O)(=O)c2ccc(OCCN)cc2)C(=O)N[C@H]2C(=O)C[C@H]3C(=O)N[C@H](C(=O)N[C@H](C(=O)CC4C5CC6CC(C5)CC4C6)c4cc(O)cc(O)c4-c4cc3ccc4O)[C@H](O)c3ccc(c(Cl)c3)Oc3cc2cc(c3O[C@@H]2O[C@H](CN)[C@@H](O)[C@H](O)[C@H]2O)Oc2ccc(cc2Cl)[C@H]1O. The summed E-state index contributed by atoms with van der Waals surface area (Å²) in [4.78, 5) is 124. The topological polar surface area (TPSA) is 491 Å². The molecule has 0 aromatic heterocycles. The Morgan fingerprint density at radius 2 is 1.29 bits per heavy atom. The van der Waals surface area contributed by atoms with E-state index in [1.807, 2.05) is 18.6 Å². The molecule has 0 spiro atoms. The molecule has 6 aromatic rings. The second kappa shape index (κ2) is 34.1. The molecule has 16 rings (SSSR count).